The number of halogens is 3. The van der Waals surface area contributed by atoms with E-state index in [0.717, 1.165) is 13.0 Å². The first kappa shape index (κ1) is 20.2. The van der Waals surface area contributed by atoms with Crippen molar-refractivity contribution in [2.24, 2.45) is 0 Å². The molecule has 7 nitrogen and oxygen atoms in total. The molecule has 0 spiro atoms. The number of carbonyl (C=O) groups excluding carboxylic acids is 1. The zero-order valence-corrected chi connectivity index (χ0v) is 15.8. The van der Waals surface area contributed by atoms with Crippen LogP contribution in [0.3, 0.4) is 0 Å². The number of aromatic nitrogens is 2. The van der Waals surface area contributed by atoms with Crippen LogP contribution in [0, 0.1) is 0 Å². The third kappa shape index (κ3) is 4.13. The van der Waals surface area contributed by atoms with Crippen molar-refractivity contribution in [2.75, 3.05) is 0 Å². The summed E-state index contributed by atoms with van der Waals surface area (Å²) in [4.78, 5) is 23.9. The van der Waals surface area contributed by atoms with E-state index in [1.807, 2.05) is 0 Å². The maximum absolute atomic E-state index is 13.6. The zero-order chi connectivity index (χ0) is 22.2. The summed E-state index contributed by atoms with van der Waals surface area (Å²) < 4.78 is 57.3. The monoisotopic (exact) mass is 430 g/mol. The molecule has 0 N–H and O–H groups in total. The second-order valence-electron chi connectivity index (χ2n) is 6.40. The molecule has 31 heavy (non-hydrogen) atoms. The van der Waals surface area contributed by atoms with Gasteiger partial charge >= 0.3 is 12.1 Å². The van der Waals surface area contributed by atoms with Gasteiger partial charge in [-0.1, -0.05) is 18.2 Å². The van der Waals surface area contributed by atoms with E-state index < -0.39 is 34.7 Å². The predicted octanol–water partition coefficient (Wildman–Crippen LogP) is 4.72. The molecule has 0 aliphatic heterocycles. The van der Waals surface area contributed by atoms with E-state index in [1.165, 1.54) is 29.2 Å². The number of benzene rings is 2. The molecular formula is C21H13F3N2O5. The van der Waals surface area contributed by atoms with Crippen molar-refractivity contribution in [3.8, 4) is 22.9 Å². The van der Waals surface area contributed by atoms with Crippen molar-refractivity contribution in [1.82, 2.24) is 9.78 Å². The highest BCUT2D eigenvalue weighted by molar-refractivity contribution is 5.81. The molecule has 10 heteroatoms. The normalized spacial score (nSPS) is 11.5. The highest BCUT2D eigenvalue weighted by Crippen LogP contribution is 2.38. The molecule has 2 aromatic carbocycles. The average Bonchev–Trinajstić information content (AvgIpc) is 3.18. The van der Waals surface area contributed by atoms with Gasteiger partial charge < -0.3 is 13.9 Å². The van der Waals surface area contributed by atoms with Gasteiger partial charge in [-0.2, -0.15) is 18.3 Å². The molecule has 0 fully saturated rings. The van der Waals surface area contributed by atoms with Crippen LogP contribution in [-0.2, 0) is 11.0 Å². The first-order valence-corrected chi connectivity index (χ1v) is 8.87. The van der Waals surface area contributed by atoms with E-state index in [4.69, 9.17) is 13.9 Å². The number of fused-ring (bicyclic) bond motifs is 1. The molecule has 158 valence electrons. The van der Waals surface area contributed by atoms with E-state index in [9.17, 15) is 22.8 Å². The lowest BCUT2D eigenvalue weighted by molar-refractivity contribution is -0.154. The molecule has 2 aromatic heterocycles. The van der Waals surface area contributed by atoms with Crippen molar-refractivity contribution >= 4 is 16.9 Å². The number of ether oxygens (including phenoxy) is 2. The van der Waals surface area contributed by atoms with Gasteiger partial charge in [0.05, 0.1) is 23.5 Å². The van der Waals surface area contributed by atoms with Gasteiger partial charge in [-0.05, 0) is 24.3 Å². The number of alkyl halides is 3. The molecule has 0 radical (unpaired) electrons. The van der Waals surface area contributed by atoms with Gasteiger partial charge in [0.2, 0.25) is 11.2 Å². The summed E-state index contributed by atoms with van der Waals surface area (Å²) in [6, 6.07) is 12.3. The van der Waals surface area contributed by atoms with Crippen molar-refractivity contribution < 1.29 is 31.9 Å². The smallest absolute Gasteiger partial charge is 0.447 e. The Labute approximate surface area is 172 Å². The lowest BCUT2D eigenvalue weighted by Crippen LogP contribution is -2.15. The van der Waals surface area contributed by atoms with Crippen molar-refractivity contribution in [2.45, 2.75) is 13.1 Å². The molecule has 4 aromatic rings. The molecule has 0 aliphatic carbocycles. The van der Waals surface area contributed by atoms with Gasteiger partial charge in [-0.15, -0.1) is 0 Å². The van der Waals surface area contributed by atoms with Gasteiger partial charge in [0.15, 0.2) is 5.75 Å². The van der Waals surface area contributed by atoms with Gasteiger partial charge in [0.25, 0.3) is 5.76 Å². The molecule has 0 saturated heterocycles. The largest absolute Gasteiger partial charge is 0.453 e. The van der Waals surface area contributed by atoms with E-state index >= 15 is 0 Å². The van der Waals surface area contributed by atoms with Crippen molar-refractivity contribution in [3.05, 3.63) is 76.9 Å². The predicted molar refractivity (Wildman–Crippen MR) is 102 cm³/mol. The van der Waals surface area contributed by atoms with Crippen LogP contribution in [0.5, 0.6) is 17.2 Å². The van der Waals surface area contributed by atoms with Gasteiger partial charge in [-0.25, -0.2) is 4.68 Å². The second-order valence-corrected chi connectivity index (χ2v) is 6.40. The van der Waals surface area contributed by atoms with Crippen LogP contribution in [0.1, 0.15) is 12.7 Å². The van der Waals surface area contributed by atoms with Crippen LogP contribution in [0.25, 0.3) is 16.7 Å². The van der Waals surface area contributed by atoms with Crippen LogP contribution in [0.2, 0.25) is 0 Å². The van der Waals surface area contributed by atoms with E-state index in [2.05, 4.69) is 5.10 Å². The molecular weight excluding hydrogens is 417 g/mol. The summed E-state index contributed by atoms with van der Waals surface area (Å²) in [5.74, 6) is -3.45. The van der Waals surface area contributed by atoms with Crippen LogP contribution in [0.15, 0.2) is 70.1 Å². The Morgan fingerprint density at radius 3 is 2.52 bits per heavy atom. The lowest BCUT2D eigenvalue weighted by Gasteiger charge is -2.12. The van der Waals surface area contributed by atoms with Crippen LogP contribution in [0.4, 0.5) is 13.2 Å². The van der Waals surface area contributed by atoms with E-state index in [-0.39, 0.29) is 16.9 Å². The van der Waals surface area contributed by atoms with Crippen LogP contribution >= 0.6 is 0 Å². The quantitative estimate of drug-likeness (QED) is 0.344. The molecule has 0 amide bonds. The van der Waals surface area contributed by atoms with Crippen LogP contribution < -0.4 is 14.9 Å². The highest BCUT2D eigenvalue weighted by Gasteiger charge is 2.40. The molecule has 0 unspecified atom stereocenters. The number of para-hydroxylation sites is 1. The Hall–Kier alpha value is -4.08. The Morgan fingerprint density at radius 2 is 1.84 bits per heavy atom. The topological polar surface area (TPSA) is 83.6 Å². The van der Waals surface area contributed by atoms with Gasteiger partial charge in [-0.3, -0.25) is 9.59 Å². The maximum atomic E-state index is 13.6. The standard InChI is InChI=1S/C21H13F3N2O5/c1-12(27)29-14-7-8-16-17(9-14)31-20(21(22,23)24)19(18(16)28)30-15-10-25-26(11-15)13-5-3-2-4-6-13/h2-11H,1H3. The van der Waals surface area contributed by atoms with Crippen molar-refractivity contribution in [1.29, 1.82) is 0 Å². The summed E-state index contributed by atoms with van der Waals surface area (Å²) in [5, 5.41) is 3.86. The minimum atomic E-state index is -5.02. The Morgan fingerprint density at radius 1 is 1.10 bits per heavy atom. The average molecular weight is 430 g/mol. The summed E-state index contributed by atoms with van der Waals surface area (Å²) in [5.41, 5.74) is -0.782. The fraction of sp³-hybridized carbons (Fsp3) is 0.0952. The first-order valence-electron chi connectivity index (χ1n) is 8.87. The summed E-state index contributed by atoms with van der Waals surface area (Å²) in [6.45, 7) is 1.13. The molecule has 0 bridgehead atoms. The molecule has 0 atom stereocenters. The van der Waals surface area contributed by atoms with Gasteiger partial charge in [0.1, 0.15) is 11.3 Å². The lowest BCUT2D eigenvalue weighted by atomic mass is 10.2. The van der Waals surface area contributed by atoms with E-state index in [0.29, 0.717) is 5.69 Å². The fourth-order valence-corrected chi connectivity index (χ4v) is 2.86. The third-order valence-electron chi connectivity index (χ3n) is 4.14. The number of carbonyl (C=O) groups is 1. The van der Waals surface area contributed by atoms with Crippen LogP contribution in [-0.4, -0.2) is 15.7 Å². The number of esters is 1. The molecule has 0 saturated carbocycles. The van der Waals surface area contributed by atoms with Gasteiger partial charge in [0, 0.05) is 13.0 Å². The number of hydrogen-bond donors (Lipinski definition) is 0. The van der Waals surface area contributed by atoms with E-state index in [1.54, 1.807) is 30.3 Å². The Balaban J connectivity index is 1.79. The molecule has 4 rings (SSSR count). The number of hydrogen-bond acceptors (Lipinski definition) is 6. The zero-order valence-electron chi connectivity index (χ0n) is 15.8. The number of rotatable bonds is 4. The summed E-state index contributed by atoms with van der Waals surface area (Å²) in [7, 11) is 0. The minimum Gasteiger partial charge on any atom is -0.447 e. The third-order valence-corrected chi connectivity index (χ3v) is 4.14. The number of nitrogens with zero attached hydrogens (tertiary/aromatic N) is 2. The summed E-state index contributed by atoms with van der Waals surface area (Å²) in [6.07, 6.45) is -2.50. The fourth-order valence-electron chi connectivity index (χ4n) is 2.86. The Kier molecular flexibility index (Phi) is 4.97. The summed E-state index contributed by atoms with van der Waals surface area (Å²) >= 11 is 0. The second kappa shape index (κ2) is 7.63. The maximum Gasteiger partial charge on any atom is 0.453 e. The Bertz CT molecular complexity index is 1330. The first-order chi connectivity index (χ1) is 14.7. The molecule has 2 heterocycles. The SMILES string of the molecule is CC(=O)Oc1ccc2c(=O)c(Oc3cnn(-c4ccccc4)c3)c(C(F)(F)F)oc2c1. The minimum absolute atomic E-state index is 0.0610. The molecule has 0 aliphatic rings. The van der Waals surface area contributed by atoms with Crippen molar-refractivity contribution in [3.63, 3.8) is 0 Å². The highest BCUT2D eigenvalue weighted by atomic mass is 19.4.